The minimum Gasteiger partial charge on any atom is -0.451 e. The van der Waals surface area contributed by atoms with Gasteiger partial charge in [-0.25, -0.2) is 0 Å². The summed E-state index contributed by atoms with van der Waals surface area (Å²) in [6.45, 7) is 1.22. The number of nitrogens with zero attached hydrogens (tertiary/aromatic N) is 1. The molecule has 0 spiro atoms. The number of hydrogen-bond donors (Lipinski definition) is 1. The Morgan fingerprint density at radius 2 is 2.04 bits per heavy atom. The third kappa shape index (κ3) is 3.42. The quantitative estimate of drug-likeness (QED) is 0.891. The van der Waals surface area contributed by atoms with E-state index in [1.54, 1.807) is 18.2 Å². The molecule has 1 saturated heterocycles. The van der Waals surface area contributed by atoms with E-state index in [0.717, 1.165) is 24.9 Å². The first-order chi connectivity index (χ1) is 12.1. The van der Waals surface area contributed by atoms with E-state index in [-0.39, 0.29) is 23.5 Å². The van der Waals surface area contributed by atoms with Crippen LogP contribution in [0.2, 0.25) is 5.02 Å². The van der Waals surface area contributed by atoms with Crippen LogP contribution in [0.1, 0.15) is 29.8 Å². The minimum absolute atomic E-state index is 0.176. The van der Waals surface area contributed by atoms with Crippen LogP contribution in [0.3, 0.4) is 0 Å². The van der Waals surface area contributed by atoms with Crippen molar-refractivity contribution >= 4 is 23.4 Å². The molecule has 4 rings (SSSR count). The number of halogens is 1. The molecule has 2 amide bonds. The van der Waals surface area contributed by atoms with Gasteiger partial charge >= 0.3 is 0 Å². The van der Waals surface area contributed by atoms with Crippen LogP contribution in [0.15, 0.2) is 40.8 Å². The zero-order valence-electron chi connectivity index (χ0n) is 13.7. The molecular formula is C19H19ClN2O3. The molecule has 0 bridgehead atoms. The number of carbonyl (C=O) groups is 2. The molecule has 5 nitrogen and oxygen atoms in total. The molecular weight excluding hydrogens is 340 g/mol. The van der Waals surface area contributed by atoms with Crippen molar-refractivity contribution in [1.82, 2.24) is 10.2 Å². The predicted octanol–water partition coefficient (Wildman–Crippen LogP) is 3.34. The highest BCUT2D eigenvalue weighted by atomic mass is 35.5. The lowest BCUT2D eigenvalue weighted by molar-refractivity contribution is -0.128. The van der Waals surface area contributed by atoms with Gasteiger partial charge in [0.05, 0.1) is 5.02 Å². The van der Waals surface area contributed by atoms with Gasteiger partial charge in [-0.05, 0) is 37.1 Å². The number of furan rings is 1. The topological polar surface area (TPSA) is 62.6 Å². The predicted molar refractivity (Wildman–Crippen MR) is 94.3 cm³/mol. The first-order valence-corrected chi connectivity index (χ1v) is 8.92. The highest BCUT2D eigenvalue weighted by molar-refractivity contribution is 6.33. The van der Waals surface area contributed by atoms with Crippen LogP contribution in [-0.2, 0) is 4.79 Å². The van der Waals surface area contributed by atoms with Gasteiger partial charge in [0, 0.05) is 37.0 Å². The molecule has 1 atom stereocenters. The summed E-state index contributed by atoms with van der Waals surface area (Å²) >= 11 is 6.16. The van der Waals surface area contributed by atoms with Crippen molar-refractivity contribution in [2.24, 2.45) is 5.92 Å². The molecule has 1 N–H and O–H groups in total. The normalized spacial score (nSPS) is 20.1. The molecule has 0 unspecified atom stereocenters. The van der Waals surface area contributed by atoms with Crippen LogP contribution in [0.4, 0.5) is 0 Å². The average molecular weight is 359 g/mol. The summed E-state index contributed by atoms with van der Waals surface area (Å²) in [6.07, 6.45) is 2.74. The Labute approximate surface area is 150 Å². The smallest absolute Gasteiger partial charge is 0.287 e. The van der Waals surface area contributed by atoms with E-state index >= 15 is 0 Å². The first kappa shape index (κ1) is 16.2. The van der Waals surface area contributed by atoms with Crippen LogP contribution < -0.4 is 5.32 Å². The lowest BCUT2D eigenvalue weighted by Gasteiger charge is -2.15. The molecule has 0 radical (unpaired) electrons. The molecule has 1 aliphatic carbocycles. The van der Waals surface area contributed by atoms with Crippen LogP contribution in [-0.4, -0.2) is 35.8 Å². The second kappa shape index (κ2) is 6.56. The summed E-state index contributed by atoms with van der Waals surface area (Å²) in [5.74, 6) is 0.927. The molecule has 1 aromatic carbocycles. The second-order valence-electron chi connectivity index (χ2n) is 6.70. The molecule has 2 heterocycles. The van der Waals surface area contributed by atoms with Crippen LogP contribution >= 0.6 is 11.6 Å². The molecule has 2 fully saturated rings. The zero-order valence-corrected chi connectivity index (χ0v) is 14.5. The monoisotopic (exact) mass is 358 g/mol. The van der Waals surface area contributed by atoms with Gasteiger partial charge in [0.1, 0.15) is 5.76 Å². The Balaban J connectivity index is 1.36. The maximum atomic E-state index is 12.3. The fourth-order valence-corrected chi connectivity index (χ4v) is 3.50. The van der Waals surface area contributed by atoms with Crippen molar-refractivity contribution in [1.29, 1.82) is 0 Å². The number of nitrogens with one attached hydrogen (secondary N) is 1. The molecule has 25 heavy (non-hydrogen) atoms. The molecule has 130 valence electrons. The van der Waals surface area contributed by atoms with Crippen molar-refractivity contribution in [3.8, 4) is 11.3 Å². The number of benzene rings is 1. The maximum absolute atomic E-state index is 12.3. The van der Waals surface area contributed by atoms with Crippen molar-refractivity contribution in [2.45, 2.75) is 25.3 Å². The van der Waals surface area contributed by atoms with Crippen LogP contribution in [0, 0.1) is 5.92 Å². The average Bonchev–Trinajstić information content (AvgIpc) is 3.20. The van der Waals surface area contributed by atoms with E-state index in [1.807, 2.05) is 23.1 Å². The molecule has 2 aromatic rings. The van der Waals surface area contributed by atoms with Gasteiger partial charge in [0.15, 0.2) is 5.76 Å². The number of amides is 2. The number of rotatable bonds is 5. The van der Waals surface area contributed by atoms with Crippen molar-refractivity contribution < 1.29 is 14.0 Å². The second-order valence-corrected chi connectivity index (χ2v) is 7.11. The Morgan fingerprint density at radius 1 is 1.24 bits per heavy atom. The molecule has 1 aromatic heterocycles. The van der Waals surface area contributed by atoms with E-state index in [1.165, 1.54) is 0 Å². The highest BCUT2D eigenvalue weighted by Gasteiger charge is 2.39. The summed E-state index contributed by atoms with van der Waals surface area (Å²) in [5.41, 5.74) is 0.754. The van der Waals surface area contributed by atoms with Crippen molar-refractivity contribution in [3.63, 3.8) is 0 Å². The standard InChI is InChI=1S/C19H19ClN2O3/c20-15-4-2-1-3-14(15)16-7-8-17(25-16)19(24)21-10-12-9-18(23)22(11-12)13-5-6-13/h1-4,7-8,12-13H,5-6,9-11H2,(H,21,24)/t12-/m1/s1. The van der Waals surface area contributed by atoms with E-state index in [9.17, 15) is 9.59 Å². The minimum atomic E-state index is -0.268. The van der Waals surface area contributed by atoms with Crippen LogP contribution in [0.5, 0.6) is 0 Å². The van der Waals surface area contributed by atoms with E-state index < -0.39 is 0 Å². The summed E-state index contributed by atoms with van der Waals surface area (Å²) in [6, 6.07) is 11.2. The SMILES string of the molecule is O=C(NC[C@H]1CC(=O)N(C2CC2)C1)c1ccc(-c2ccccc2Cl)o1. The lowest BCUT2D eigenvalue weighted by atomic mass is 10.1. The van der Waals surface area contributed by atoms with Gasteiger partial charge < -0.3 is 14.6 Å². The molecule has 2 aliphatic rings. The van der Waals surface area contributed by atoms with E-state index in [2.05, 4.69) is 5.32 Å². The summed E-state index contributed by atoms with van der Waals surface area (Å²) in [5, 5.41) is 3.45. The zero-order chi connectivity index (χ0) is 17.4. The Morgan fingerprint density at radius 3 is 2.80 bits per heavy atom. The summed E-state index contributed by atoms with van der Waals surface area (Å²) < 4.78 is 5.64. The Bertz CT molecular complexity index is 813. The summed E-state index contributed by atoms with van der Waals surface area (Å²) in [4.78, 5) is 26.2. The largest absolute Gasteiger partial charge is 0.451 e. The molecule has 1 saturated carbocycles. The van der Waals surface area contributed by atoms with Gasteiger partial charge in [0.25, 0.3) is 5.91 Å². The number of likely N-dealkylation sites (tertiary alicyclic amines) is 1. The lowest BCUT2D eigenvalue weighted by Crippen LogP contribution is -2.31. The highest BCUT2D eigenvalue weighted by Crippen LogP contribution is 2.32. The molecule has 1 aliphatic heterocycles. The third-order valence-corrected chi connectivity index (χ3v) is 5.08. The Hall–Kier alpha value is -2.27. The fourth-order valence-electron chi connectivity index (χ4n) is 3.27. The van der Waals surface area contributed by atoms with Crippen molar-refractivity contribution in [2.75, 3.05) is 13.1 Å². The number of hydrogen-bond acceptors (Lipinski definition) is 3. The summed E-state index contributed by atoms with van der Waals surface area (Å²) in [7, 11) is 0. The number of carbonyl (C=O) groups excluding carboxylic acids is 2. The fraction of sp³-hybridized carbons (Fsp3) is 0.368. The Kier molecular flexibility index (Phi) is 4.25. The van der Waals surface area contributed by atoms with Crippen molar-refractivity contribution in [3.05, 3.63) is 47.2 Å². The van der Waals surface area contributed by atoms with Gasteiger partial charge in [0.2, 0.25) is 5.91 Å². The van der Waals surface area contributed by atoms with Gasteiger partial charge in [-0.3, -0.25) is 9.59 Å². The van der Waals surface area contributed by atoms with Crippen LogP contribution in [0.25, 0.3) is 11.3 Å². The molecule has 6 heteroatoms. The third-order valence-electron chi connectivity index (χ3n) is 4.75. The van der Waals surface area contributed by atoms with Gasteiger partial charge in [-0.2, -0.15) is 0 Å². The van der Waals surface area contributed by atoms with E-state index in [0.29, 0.717) is 29.8 Å². The van der Waals surface area contributed by atoms with Gasteiger partial charge in [-0.1, -0.05) is 23.7 Å². The van der Waals surface area contributed by atoms with E-state index in [4.69, 9.17) is 16.0 Å². The maximum Gasteiger partial charge on any atom is 0.287 e. The van der Waals surface area contributed by atoms with Gasteiger partial charge in [-0.15, -0.1) is 0 Å². The first-order valence-electron chi connectivity index (χ1n) is 8.54.